The lowest BCUT2D eigenvalue weighted by molar-refractivity contribution is 0.994. The van der Waals surface area contributed by atoms with Crippen molar-refractivity contribution in [3.05, 3.63) is 48.2 Å². The van der Waals surface area contributed by atoms with E-state index in [9.17, 15) is 0 Å². The molecule has 0 aromatic carbocycles. The topological polar surface area (TPSA) is 50.7 Å². The Morgan fingerprint density at radius 2 is 2.07 bits per heavy atom. The molecule has 2 aromatic rings. The van der Waals surface area contributed by atoms with Crippen LogP contribution in [0.4, 0.5) is 5.82 Å². The molecule has 0 saturated carbocycles. The summed E-state index contributed by atoms with van der Waals surface area (Å²) in [6, 6.07) is 7.69. The minimum Gasteiger partial charge on any atom is -0.364 e. The summed E-state index contributed by atoms with van der Waals surface area (Å²) in [6.07, 6.45) is 3.52. The van der Waals surface area contributed by atoms with Crippen LogP contribution in [-0.2, 0) is 6.54 Å². The van der Waals surface area contributed by atoms with Gasteiger partial charge in [-0.2, -0.15) is 0 Å². The summed E-state index contributed by atoms with van der Waals surface area (Å²) in [6.45, 7) is 2.54. The van der Waals surface area contributed by atoms with E-state index < -0.39 is 0 Å². The molecule has 0 bridgehead atoms. The van der Waals surface area contributed by atoms with Gasteiger partial charge >= 0.3 is 0 Å². The number of anilines is 1. The standard InChI is InChI=1S/C11H12N4/c1-9-12-7-5-11(15-9)14-8-10-4-2-3-6-13-10/h2-7H,8H2,1H3,(H,12,14,15). The molecule has 2 heterocycles. The third-order valence-electron chi connectivity index (χ3n) is 1.95. The quantitative estimate of drug-likeness (QED) is 0.820. The zero-order valence-corrected chi connectivity index (χ0v) is 8.51. The van der Waals surface area contributed by atoms with Gasteiger partial charge in [-0.15, -0.1) is 0 Å². The summed E-state index contributed by atoms with van der Waals surface area (Å²) in [5.74, 6) is 1.59. The maximum Gasteiger partial charge on any atom is 0.129 e. The van der Waals surface area contributed by atoms with Crippen LogP contribution in [0.3, 0.4) is 0 Å². The van der Waals surface area contributed by atoms with Crippen LogP contribution in [0.5, 0.6) is 0 Å². The fraction of sp³-hybridized carbons (Fsp3) is 0.182. The zero-order chi connectivity index (χ0) is 10.5. The van der Waals surface area contributed by atoms with Crippen LogP contribution in [0.1, 0.15) is 11.5 Å². The second-order valence-electron chi connectivity index (χ2n) is 3.16. The van der Waals surface area contributed by atoms with E-state index in [-0.39, 0.29) is 0 Å². The first kappa shape index (κ1) is 9.58. The molecule has 0 radical (unpaired) electrons. The fourth-order valence-corrected chi connectivity index (χ4v) is 1.24. The van der Waals surface area contributed by atoms with Crippen molar-refractivity contribution in [1.29, 1.82) is 0 Å². The van der Waals surface area contributed by atoms with Crippen LogP contribution in [0, 0.1) is 6.92 Å². The Balaban J connectivity index is 1.99. The Hall–Kier alpha value is -1.97. The number of aromatic nitrogens is 3. The molecule has 4 nitrogen and oxygen atoms in total. The number of nitrogens with one attached hydrogen (secondary N) is 1. The first-order chi connectivity index (χ1) is 7.34. The third kappa shape index (κ3) is 2.74. The number of rotatable bonds is 3. The van der Waals surface area contributed by atoms with E-state index in [1.807, 2.05) is 31.2 Å². The summed E-state index contributed by atoms with van der Waals surface area (Å²) in [4.78, 5) is 12.5. The van der Waals surface area contributed by atoms with Crippen molar-refractivity contribution in [3.63, 3.8) is 0 Å². The molecule has 1 N–H and O–H groups in total. The lowest BCUT2D eigenvalue weighted by Crippen LogP contribution is -2.03. The molecule has 76 valence electrons. The molecule has 2 aromatic heterocycles. The van der Waals surface area contributed by atoms with E-state index in [1.165, 1.54) is 0 Å². The predicted molar refractivity (Wildman–Crippen MR) is 58.3 cm³/mol. The van der Waals surface area contributed by atoms with Gasteiger partial charge in [0, 0.05) is 12.4 Å². The number of nitrogens with zero attached hydrogens (tertiary/aromatic N) is 3. The van der Waals surface area contributed by atoms with Crippen molar-refractivity contribution in [2.75, 3.05) is 5.32 Å². The lowest BCUT2D eigenvalue weighted by Gasteiger charge is -2.04. The molecule has 0 aliphatic carbocycles. The average molecular weight is 200 g/mol. The molecular formula is C11H12N4. The molecule has 0 aliphatic rings. The average Bonchev–Trinajstić information content (AvgIpc) is 2.28. The Bertz CT molecular complexity index is 428. The van der Waals surface area contributed by atoms with E-state index in [2.05, 4.69) is 20.3 Å². The molecule has 0 fully saturated rings. The van der Waals surface area contributed by atoms with E-state index in [1.54, 1.807) is 12.4 Å². The van der Waals surface area contributed by atoms with E-state index in [0.29, 0.717) is 6.54 Å². The van der Waals surface area contributed by atoms with E-state index >= 15 is 0 Å². The molecular weight excluding hydrogens is 188 g/mol. The van der Waals surface area contributed by atoms with Gasteiger partial charge in [0.2, 0.25) is 0 Å². The van der Waals surface area contributed by atoms with Gasteiger partial charge < -0.3 is 5.32 Å². The van der Waals surface area contributed by atoms with Crippen LogP contribution in [0.2, 0.25) is 0 Å². The first-order valence-corrected chi connectivity index (χ1v) is 4.78. The second kappa shape index (κ2) is 4.50. The number of aryl methyl sites for hydroxylation is 1. The molecule has 0 atom stereocenters. The van der Waals surface area contributed by atoms with Gasteiger partial charge in [-0.25, -0.2) is 9.97 Å². The molecule has 4 heteroatoms. The van der Waals surface area contributed by atoms with Gasteiger partial charge in [0.25, 0.3) is 0 Å². The zero-order valence-electron chi connectivity index (χ0n) is 8.51. The lowest BCUT2D eigenvalue weighted by atomic mass is 10.3. The van der Waals surface area contributed by atoms with E-state index in [4.69, 9.17) is 0 Å². The SMILES string of the molecule is Cc1nccc(NCc2ccccn2)n1. The number of hydrogen-bond acceptors (Lipinski definition) is 4. The highest BCUT2D eigenvalue weighted by atomic mass is 15.0. The van der Waals surface area contributed by atoms with Crippen LogP contribution in [-0.4, -0.2) is 15.0 Å². The fourth-order valence-electron chi connectivity index (χ4n) is 1.24. The number of pyridine rings is 1. The summed E-state index contributed by atoms with van der Waals surface area (Å²) in [7, 11) is 0. The molecule has 0 aliphatic heterocycles. The van der Waals surface area contributed by atoms with Gasteiger partial charge in [0.1, 0.15) is 11.6 Å². The van der Waals surface area contributed by atoms with Crippen molar-refractivity contribution in [2.24, 2.45) is 0 Å². The Morgan fingerprint density at radius 1 is 1.13 bits per heavy atom. The monoisotopic (exact) mass is 200 g/mol. The van der Waals surface area contributed by atoms with Crippen LogP contribution in [0.15, 0.2) is 36.7 Å². The molecule has 0 unspecified atom stereocenters. The summed E-state index contributed by atoms with van der Waals surface area (Å²) >= 11 is 0. The van der Waals surface area contributed by atoms with Crippen LogP contribution >= 0.6 is 0 Å². The van der Waals surface area contributed by atoms with Gasteiger partial charge in [-0.05, 0) is 25.1 Å². The van der Waals surface area contributed by atoms with Crippen molar-refractivity contribution in [2.45, 2.75) is 13.5 Å². The van der Waals surface area contributed by atoms with E-state index in [0.717, 1.165) is 17.3 Å². The van der Waals surface area contributed by atoms with Gasteiger partial charge in [-0.3, -0.25) is 4.98 Å². The summed E-state index contributed by atoms with van der Waals surface area (Å²) in [5, 5.41) is 3.19. The Morgan fingerprint density at radius 3 is 2.80 bits per heavy atom. The minimum absolute atomic E-state index is 0.678. The molecule has 0 spiro atoms. The molecule has 0 saturated heterocycles. The summed E-state index contributed by atoms with van der Waals surface area (Å²) < 4.78 is 0. The Labute approximate surface area is 88.4 Å². The highest BCUT2D eigenvalue weighted by molar-refractivity contribution is 5.33. The maximum absolute atomic E-state index is 4.24. The normalized spacial score (nSPS) is 9.93. The smallest absolute Gasteiger partial charge is 0.129 e. The second-order valence-corrected chi connectivity index (χ2v) is 3.16. The number of hydrogen-bond donors (Lipinski definition) is 1. The molecule has 0 amide bonds. The predicted octanol–water partition coefficient (Wildman–Crippen LogP) is 1.79. The van der Waals surface area contributed by atoms with Crippen molar-refractivity contribution >= 4 is 5.82 Å². The maximum atomic E-state index is 4.24. The Kier molecular flexibility index (Phi) is 2.88. The highest BCUT2D eigenvalue weighted by Crippen LogP contribution is 2.03. The van der Waals surface area contributed by atoms with Crippen LogP contribution in [0.25, 0.3) is 0 Å². The van der Waals surface area contributed by atoms with Gasteiger partial charge in [-0.1, -0.05) is 6.07 Å². The van der Waals surface area contributed by atoms with Crippen LogP contribution < -0.4 is 5.32 Å². The molecule has 15 heavy (non-hydrogen) atoms. The summed E-state index contributed by atoms with van der Waals surface area (Å²) in [5.41, 5.74) is 0.994. The van der Waals surface area contributed by atoms with Crippen molar-refractivity contribution in [3.8, 4) is 0 Å². The largest absolute Gasteiger partial charge is 0.364 e. The van der Waals surface area contributed by atoms with Gasteiger partial charge in [0.15, 0.2) is 0 Å². The van der Waals surface area contributed by atoms with Gasteiger partial charge in [0.05, 0.1) is 12.2 Å². The van der Waals surface area contributed by atoms with Crippen molar-refractivity contribution < 1.29 is 0 Å². The van der Waals surface area contributed by atoms with Crippen molar-refractivity contribution in [1.82, 2.24) is 15.0 Å². The third-order valence-corrected chi connectivity index (χ3v) is 1.95. The molecule has 2 rings (SSSR count). The highest BCUT2D eigenvalue weighted by Gasteiger charge is 1.95. The minimum atomic E-state index is 0.678. The first-order valence-electron chi connectivity index (χ1n) is 4.78.